The minimum absolute atomic E-state index is 0.414. The first-order valence-corrected chi connectivity index (χ1v) is 6.10. The molecule has 0 spiro atoms. The molecule has 1 fully saturated rings. The number of piperidine rings is 1. The number of nitrogens with zero attached hydrogens (tertiary/aromatic N) is 1. The lowest BCUT2D eigenvalue weighted by molar-refractivity contribution is -0.121. The van der Waals surface area contributed by atoms with Crippen molar-refractivity contribution in [1.82, 2.24) is 4.90 Å². The molecule has 86 valence electrons. The Hall–Kier alpha value is -1.15. The number of benzene rings is 1. The first-order chi connectivity index (χ1) is 7.78. The number of rotatable bonds is 3. The fourth-order valence-corrected chi connectivity index (χ4v) is 2.10. The first-order valence-electron chi connectivity index (χ1n) is 6.10. The van der Waals surface area contributed by atoms with Gasteiger partial charge in [0, 0.05) is 32.5 Å². The number of carbonyl (C=O) groups excluding carboxylic acids is 1. The van der Waals surface area contributed by atoms with E-state index < -0.39 is 0 Å². The van der Waals surface area contributed by atoms with Gasteiger partial charge in [-0.1, -0.05) is 31.2 Å². The van der Waals surface area contributed by atoms with Crippen LogP contribution in [0.25, 0.3) is 0 Å². The van der Waals surface area contributed by atoms with Crippen molar-refractivity contribution in [3.63, 3.8) is 0 Å². The topological polar surface area (TPSA) is 20.3 Å². The minimum atomic E-state index is 0.414. The minimum Gasteiger partial charge on any atom is -0.300 e. The molecule has 0 unspecified atom stereocenters. The van der Waals surface area contributed by atoms with Crippen molar-refractivity contribution in [3.05, 3.63) is 35.4 Å². The highest BCUT2D eigenvalue weighted by Gasteiger charge is 2.15. The summed E-state index contributed by atoms with van der Waals surface area (Å²) in [6, 6.07) is 8.80. The lowest BCUT2D eigenvalue weighted by Crippen LogP contribution is -2.33. The molecular formula is C14H19NO. The summed E-state index contributed by atoms with van der Waals surface area (Å²) < 4.78 is 0. The van der Waals surface area contributed by atoms with Crippen LogP contribution in [-0.4, -0.2) is 23.8 Å². The summed E-state index contributed by atoms with van der Waals surface area (Å²) in [4.78, 5) is 13.5. The van der Waals surface area contributed by atoms with Crippen molar-refractivity contribution in [2.75, 3.05) is 13.1 Å². The zero-order chi connectivity index (χ0) is 11.4. The Morgan fingerprint density at radius 2 is 1.62 bits per heavy atom. The molecule has 1 heterocycles. The van der Waals surface area contributed by atoms with Gasteiger partial charge in [0.2, 0.25) is 0 Å². The second kappa shape index (κ2) is 5.26. The molecular weight excluding hydrogens is 198 g/mol. The van der Waals surface area contributed by atoms with E-state index >= 15 is 0 Å². The standard InChI is InChI=1S/C14H19NO/c1-2-12-3-5-13(6-4-12)11-15-9-7-14(16)8-10-15/h3-6H,2,7-11H2,1H3. The van der Waals surface area contributed by atoms with E-state index in [9.17, 15) is 4.79 Å². The summed E-state index contributed by atoms with van der Waals surface area (Å²) in [5.74, 6) is 0.414. The van der Waals surface area contributed by atoms with Crippen LogP contribution in [0.4, 0.5) is 0 Å². The van der Waals surface area contributed by atoms with Crippen LogP contribution < -0.4 is 0 Å². The smallest absolute Gasteiger partial charge is 0.135 e. The Morgan fingerprint density at radius 3 is 2.19 bits per heavy atom. The molecule has 0 amide bonds. The molecule has 2 rings (SSSR count). The van der Waals surface area contributed by atoms with Gasteiger partial charge < -0.3 is 0 Å². The molecule has 0 saturated carbocycles. The second-order valence-electron chi connectivity index (χ2n) is 4.48. The maximum absolute atomic E-state index is 11.1. The molecule has 16 heavy (non-hydrogen) atoms. The van der Waals surface area contributed by atoms with E-state index in [2.05, 4.69) is 36.1 Å². The van der Waals surface area contributed by atoms with Crippen molar-refractivity contribution in [1.29, 1.82) is 0 Å². The fraction of sp³-hybridized carbons (Fsp3) is 0.500. The molecule has 1 aromatic rings. The van der Waals surface area contributed by atoms with Gasteiger partial charge in [-0.05, 0) is 17.5 Å². The Labute approximate surface area is 97.3 Å². The van der Waals surface area contributed by atoms with Crippen LogP contribution in [0.3, 0.4) is 0 Å². The zero-order valence-corrected chi connectivity index (χ0v) is 9.91. The lowest BCUT2D eigenvalue weighted by Gasteiger charge is -2.25. The highest BCUT2D eigenvalue weighted by atomic mass is 16.1. The summed E-state index contributed by atoms with van der Waals surface area (Å²) in [5.41, 5.74) is 2.74. The van der Waals surface area contributed by atoms with E-state index in [-0.39, 0.29) is 0 Å². The Bertz CT molecular complexity index is 346. The summed E-state index contributed by atoms with van der Waals surface area (Å²) >= 11 is 0. The molecule has 1 aromatic carbocycles. The molecule has 0 radical (unpaired) electrons. The number of likely N-dealkylation sites (tertiary alicyclic amines) is 1. The maximum atomic E-state index is 11.1. The molecule has 0 aliphatic carbocycles. The van der Waals surface area contributed by atoms with E-state index in [1.54, 1.807) is 0 Å². The predicted molar refractivity (Wildman–Crippen MR) is 65.3 cm³/mol. The molecule has 0 atom stereocenters. The van der Waals surface area contributed by atoms with Crippen LogP contribution in [0.1, 0.15) is 30.9 Å². The molecule has 0 bridgehead atoms. The van der Waals surface area contributed by atoms with Crippen LogP contribution >= 0.6 is 0 Å². The SMILES string of the molecule is CCc1ccc(CN2CCC(=O)CC2)cc1. The Kier molecular flexibility index (Phi) is 3.73. The van der Waals surface area contributed by atoms with Gasteiger partial charge in [-0.3, -0.25) is 9.69 Å². The summed E-state index contributed by atoms with van der Waals surface area (Å²) in [6.07, 6.45) is 2.55. The molecule has 1 saturated heterocycles. The lowest BCUT2D eigenvalue weighted by atomic mass is 10.1. The first kappa shape index (κ1) is 11.3. The van der Waals surface area contributed by atoms with E-state index in [1.807, 2.05) is 0 Å². The van der Waals surface area contributed by atoms with E-state index in [1.165, 1.54) is 11.1 Å². The number of carbonyl (C=O) groups is 1. The normalized spacial score (nSPS) is 17.7. The largest absolute Gasteiger partial charge is 0.300 e. The summed E-state index contributed by atoms with van der Waals surface area (Å²) in [7, 11) is 0. The van der Waals surface area contributed by atoms with Gasteiger partial charge in [0.05, 0.1) is 0 Å². The number of hydrogen-bond acceptors (Lipinski definition) is 2. The average molecular weight is 217 g/mol. The van der Waals surface area contributed by atoms with Crippen molar-refractivity contribution in [2.24, 2.45) is 0 Å². The average Bonchev–Trinajstić information content (AvgIpc) is 2.33. The number of hydrogen-bond donors (Lipinski definition) is 0. The highest BCUT2D eigenvalue weighted by Crippen LogP contribution is 2.12. The predicted octanol–water partition coefficient (Wildman–Crippen LogP) is 2.41. The fourth-order valence-electron chi connectivity index (χ4n) is 2.10. The van der Waals surface area contributed by atoms with Gasteiger partial charge in [0.15, 0.2) is 0 Å². The zero-order valence-electron chi connectivity index (χ0n) is 9.91. The molecule has 1 aliphatic heterocycles. The van der Waals surface area contributed by atoms with Crippen LogP contribution in [-0.2, 0) is 17.8 Å². The molecule has 0 N–H and O–H groups in total. The van der Waals surface area contributed by atoms with Gasteiger partial charge in [-0.15, -0.1) is 0 Å². The van der Waals surface area contributed by atoms with Gasteiger partial charge >= 0.3 is 0 Å². The van der Waals surface area contributed by atoms with Gasteiger partial charge in [0.1, 0.15) is 5.78 Å². The van der Waals surface area contributed by atoms with Crippen LogP contribution in [0.15, 0.2) is 24.3 Å². The maximum Gasteiger partial charge on any atom is 0.135 e. The number of aryl methyl sites for hydroxylation is 1. The van der Waals surface area contributed by atoms with Gasteiger partial charge in [0.25, 0.3) is 0 Å². The third-order valence-corrected chi connectivity index (χ3v) is 3.25. The van der Waals surface area contributed by atoms with Crippen LogP contribution in [0.2, 0.25) is 0 Å². The highest BCUT2D eigenvalue weighted by molar-refractivity contribution is 5.79. The van der Waals surface area contributed by atoms with Crippen molar-refractivity contribution >= 4 is 5.78 Å². The third-order valence-electron chi connectivity index (χ3n) is 3.25. The van der Waals surface area contributed by atoms with E-state index in [0.717, 1.165) is 38.9 Å². The Balaban J connectivity index is 1.90. The quantitative estimate of drug-likeness (QED) is 0.775. The van der Waals surface area contributed by atoms with E-state index in [0.29, 0.717) is 5.78 Å². The Morgan fingerprint density at radius 1 is 1.06 bits per heavy atom. The van der Waals surface area contributed by atoms with Gasteiger partial charge in [-0.2, -0.15) is 0 Å². The molecule has 1 aliphatic rings. The summed E-state index contributed by atoms with van der Waals surface area (Å²) in [6.45, 7) is 5.01. The van der Waals surface area contributed by atoms with Crippen molar-refractivity contribution in [2.45, 2.75) is 32.7 Å². The third kappa shape index (κ3) is 2.92. The molecule has 2 nitrogen and oxygen atoms in total. The summed E-state index contributed by atoms with van der Waals surface area (Å²) in [5, 5.41) is 0. The van der Waals surface area contributed by atoms with Gasteiger partial charge in [-0.25, -0.2) is 0 Å². The second-order valence-corrected chi connectivity index (χ2v) is 4.48. The molecule has 0 aromatic heterocycles. The number of Topliss-reactive ketones (excluding diaryl/α,β-unsaturated/α-hetero) is 1. The van der Waals surface area contributed by atoms with E-state index in [4.69, 9.17) is 0 Å². The van der Waals surface area contributed by atoms with Crippen LogP contribution in [0, 0.1) is 0 Å². The monoisotopic (exact) mass is 217 g/mol. The number of ketones is 1. The van der Waals surface area contributed by atoms with Crippen LogP contribution in [0.5, 0.6) is 0 Å². The van der Waals surface area contributed by atoms with Crippen molar-refractivity contribution < 1.29 is 4.79 Å². The van der Waals surface area contributed by atoms with Crippen molar-refractivity contribution in [3.8, 4) is 0 Å². The molecule has 2 heteroatoms.